The first-order valence-electron chi connectivity index (χ1n) is 9.95. The second-order valence-electron chi connectivity index (χ2n) is 7.50. The number of nitrogens with zero attached hydrogens (tertiary/aromatic N) is 6. The molecule has 1 aliphatic heterocycles. The van der Waals surface area contributed by atoms with Crippen LogP contribution in [0.4, 0.5) is 20.7 Å². The van der Waals surface area contributed by atoms with E-state index in [0.717, 1.165) is 23.0 Å². The molecule has 162 valence electrons. The smallest absolute Gasteiger partial charge is 0.321 e. The molecule has 0 spiro atoms. The number of urea groups is 1. The highest BCUT2D eigenvalue weighted by Crippen LogP contribution is 2.21. The summed E-state index contributed by atoms with van der Waals surface area (Å²) in [5.74, 6) is 1.67. The molecule has 1 saturated heterocycles. The predicted molar refractivity (Wildman–Crippen MR) is 118 cm³/mol. The Labute approximate surface area is 184 Å². The van der Waals surface area contributed by atoms with Gasteiger partial charge in [-0.1, -0.05) is 11.6 Å². The number of carbonyl (C=O) groups is 1. The summed E-state index contributed by atoms with van der Waals surface area (Å²) in [5, 5.41) is 7.24. The number of anilines is 2. The SMILES string of the molecule is Cc1cc(C)n(-c2cc(N3CCN(C(=O)Nc4ccc(F)c(Cl)c4)CC3)nc(C)n2)n1. The van der Waals surface area contributed by atoms with E-state index in [4.69, 9.17) is 11.6 Å². The second kappa shape index (κ2) is 8.50. The second-order valence-corrected chi connectivity index (χ2v) is 7.91. The topological polar surface area (TPSA) is 79.2 Å². The summed E-state index contributed by atoms with van der Waals surface area (Å²) in [5.41, 5.74) is 2.39. The number of aryl methyl sites for hydroxylation is 3. The third-order valence-electron chi connectivity index (χ3n) is 5.10. The molecule has 0 radical (unpaired) electrons. The summed E-state index contributed by atoms with van der Waals surface area (Å²) in [6, 6.07) is 7.79. The van der Waals surface area contributed by atoms with Crippen molar-refractivity contribution in [3.8, 4) is 5.82 Å². The van der Waals surface area contributed by atoms with Crippen LogP contribution < -0.4 is 10.2 Å². The molecule has 10 heteroatoms. The van der Waals surface area contributed by atoms with Gasteiger partial charge in [0, 0.05) is 43.6 Å². The Morgan fingerprint density at radius 1 is 1.03 bits per heavy atom. The number of benzene rings is 1. The molecule has 3 heterocycles. The van der Waals surface area contributed by atoms with E-state index in [0.29, 0.717) is 37.7 Å². The maximum Gasteiger partial charge on any atom is 0.321 e. The van der Waals surface area contributed by atoms with Crippen molar-refractivity contribution in [1.82, 2.24) is 24.6 Å². The third kappa shape index (κ3) is 4.61. The van der Waals surface area contributed by atoms with Crippen molar-refractivity contribution < 1.29 is 9.18 Å². The Morgan fingerprint density at radius 2 is 1.74 bits per heavy atom. The van der Waals surface area contributed by atoms with Crippen LogP contribution in [0.25, 0.3) is 5.82 Å². The van der Waals surface area contributed by atoms with E-state index in [1.54, 1.807) is 4.90 Å². The van der Waals surface area contributed by atoms with E-state index in [1.807, 2.05) is 37.6 Å². The maximum atomic E-state index is 13.3. The lowest BCUT2D eigenvalue weighted by Gasteiger charge is -2.35. The summed E-state index contributed by atoms with van der Waals surface area (Å²) in [4.78, 5) is 25.5. The van der Waals surface area contributed by atoms with Crippen LogP contribution in [0.2, 0.25) is 5.02 Å². The molecular formula is C21H23ClFN7O. The number of carbonyl (C=O) groups excluding carboxylic acids is 1. The monoisotopic (exact) mass is 443 g/mol. The lowest BCUT2D eigenvalue weighted by molar-refractivity contribution is 0.208. The van der Waals surface area contributed by atoms with E-state index in [-0.39, 0.29) is 11.1 Å². The number of hydrogen-bond donors (Lipinski definition) is 1. The molecule has 0 aliphatic carbocycles. The zero-order chi connectivity index (χ0) is 22.1. The quantitative estimate of drug-likeness (QED) is 0.667. The lowest BCUT2D eigenvalue weighted by atomic mass is 10.3. The molecule has 1 aromatic carbocycles. The van der Waals surface area contributed by atoms with Crippen molar-refractivity contribution in [2.24, 2.45) is 0 Å². The van der Waals surface area contributed by atoms with E-state index in [1.165, 1.54) is 18.2 Å². The third-order valence-corrected chi connectivity index (χ3v) is 5.39. The van der Waals surface area contributed by atoms with Gasteiger partial charge < -0.3 is 15.1 Å². The van der Waals surface area contributed by atoms with Gasteiger partial charge in [0.25, 0.3) is 0 Å². The van der Waals surface area contributed by atoms with Gasteiger partial charge >= 0.3 is 6.03 Å². The number of nitrogens with one attached hydrogen (secondary N) is 1. The van der Waals surface area contributed by atoms with Crippen LogP contribution in [0.15, 0.2) is 30.3 Å². The zero-order valence-corrected chi connectivity index (χ0v) is 18.3. The van der Waals surface area contributed by atoms with Crippen LogP contribution in [0.5, 0.6) is 0 Å². The largest absolute Gasteiger partial charge is 0.353 e. The fourth-order valence-electron chi connectivity index (χ4n) is 3.58. The molecule has 2 amide bonds. The van der Waals surface area contributed by atoms with Gasteiger partial charge in [-0.2, -0.15) is 5.10 Å². The number of rotatable bonds is 3. The van der Waals surface area contributed by atoms with Gasteiger partial charge in [0.1, 0.15) is 17.5 Å². The Morgan fingerprint density at radius 3 is 2.39 bits per heavy atom. The van der Waals surface area contributed by atoms with Crippen molar-refractivity contribution in [2.75, 3.05) is 36.4 Å². The molecule has 1 aliphatic rings. The van der Waals surface area contributed by atoms with Crippen molar-refractivity contribution in [3.05, 3.63) is 58.4 Å². The van der Waals surface area contributed by atoms with Crippen LogP contribution in [0, 0.1) is 26.6 Å². The predicted octanol–water partition coefficient (Wildman–Crippen LogP) is 3.73. The van der Waals surface area contributed by atoms with Gasteiger partial charge in [0.2, 0.25) is 0 Å². The normalized spacial score (nSPS) is 14.1. The molecule has 0 atom stereocenters. The van der Waals surface area contributed by atoms with Crippen molar-refractivity contribution in [3.63, 3.8) is 0 Å². The number of hydrogen-bond acceptors (Lipinski definition) is 5. The van der Waals surface area contributed by atoms with Crippen LogP contribution in [-0.2, 0) is 0 Å². The van der Waals surface area contributed by atoms with E-state index >= 15 is 0 Å². The van der Waals surface area contributed by atoms with Gasteiger partial charge in [0.15, 0.2) is 5.82 Å². The maximum absolute atomic E-state index is 13.3. The first kappa shape index (κ1) is 21.0. The van der Waals surface area contributed by atoms with Crippen LogP contribution in [0.3, 0.4) is 0 Å². The molecule has 1 N–H and O–H groups in total. The van der Waals surface area contributed by atoms with E-state index < -0.39 is 5.82 Å². The van der Waals surface area contributed by atoms with Crippen molar-refractivity contribution in [1.29, 1.82) is 0 Å². The van der Waals surface area contributed by atoms with Gasteiger partial charge in [-0.05, 0) is 45.0 Å². The van der Waals surface area contributed by atoms with Crippen molar-refractivity contribution >= 4 is 29.1 Å². The van der Waals surface area contributed by atoms with E-state index in [2.05, 4.69) is 25.3 Å². The Hall–Kier alpha value is -3.20. The molecule has 3 aromatic rings. The Balaban J connectivity index is 1.43. The fraction of sp³-hybridized carbons (Fsp3) is 0.333. The molecule has 8 nitrogen and oxygen atoms in total. The molecular weight excluding hydrogens is 421 g/mol. The minimum atomic E-state index is -0.520. The minimum absolute atomic E-state index is 0.0276. The standard InChI is InChI=1S/C21H23ClFN7O/c1-13-10-14(2)30(27-13)20-12-19(24-15(3)25-20)28-6-8-29(9-7-28)21(31)26-16-4-5-18(23)17(22)11-16/h4-5,10-12H,6-9H2,1-3H3,(H,26,31). The first-order chi connectivity index (χ1) is 14.8. The van der Waals surface area contributed by atoms with Crippen LogP contribution in [-0.4, -0.2) is 56.9 Å². The van der Waals surface area contributed by atoms with Gasteiger partial charge in [-0.25, -0.2) is 23.8 Å². The summed E-state index contributed by atoms with van der Waals surface area (Å²) in [6.45, 7) is 8.11. The molecule has 1 fully saturated rings. The average molecular weight is 444 g/mol. The average Bonchev–Trinajstić information content (AvgIpc) is 3.08. The zero-order valence-electron chi connectivity index (χ0n) is 17.6. The molecule has 0 saturated carbocycles. The summed E-state index contributed by atoms with van der Waals surface area (Å²) >= 11 is 5.79. The number of halogens is 2. The molecule has 31 heavy (non-hydrogen) atoms. The molecule has 0 bridgehead atoms. The highest BCUT2D eigenvalue weighted by molar-refractivity contribution is 6.31. The Bertz CT molecular complexity index is 1120. The van der Waals surface area contributed by atoms with Gasteiger partial charge in [-0.15, -0.1) is 0 Å². The van der Waals surface area contributed by atoms with E-state index in [9.17, 15) is 9.18 Å². The Kier molecular flexibility index (Phi) is 5.77. The van der Waals surface area contributed by atoms with Gasteiger partial charge in [-0.3, -0.25) is 0 Å². The number of piperazine rings is 1. The number of amides is 2. The van der Waals surface area contributed by atoms with Gasteiger partial charge in [0.05, 0.1) is 10.7 Å². The van der Waals surface area contributed by atoms with Crippen LogP contribution in [0.1, 0.15) is 17.2 Å². The fourth-order valence-corrected chi connectivity index (χ4v) is 3.76. The highest BCUT2D eigenvalue weighted by Gasteiger charge is 2.23. The minimum Gasteiger partial charge on any atom is -0.353 e. The number of aromatic nitrogens is 4. The molecule has 0 unspecified atom stereocenters. The summed E-state index contributed by atoms with van der Waals surface area (Å²) < 4.78 is 15.1. The van der Waals surface area contributed by atoms with Crippen LogP contribution >= 0.6 is 11.6 Å². The van der Waals surface area contributed by atoms with Crippen molar-refractivity contribution in [2.45, 2.75) is 20.8 Å². The molecule has 2 aromatic heterocycles. The lowest BCUT2D eigenvalue weighted by Crippen LogP contribution is -2.50. The molecule has 4 rings (SSSR count). The summed E-state index contributed by atoms with van der Waals surface area (Å²) in [7, 11) is 0. The summed E-state index contributed by atoms with van der Waals surface area (Å²) in [6.07, 6.45) is 0. The highest BCUT2D eigenvalue weighted by atomic mass is 35.5. The first-order valence-corrected chi connectivity index (χ1v) is 10.3.